The molecule has 5 heteroatoms. The zero-order valence-corrected chi connectivity index (χ0v) is 11.1. The molecule has 1 fully saturated rings. The number of carbonyl (C=O) groups is 2. The third kappa shape index (κ3) is 2.82. The van der Waals surface area contributed by atoms with E-state index in [-0.39, 0.29) is 23.9 Å². The van der Waals surface area contributed by atoms with E-state index in [2.05, 4.69) is 0 Å². The molecule has 0 radical (unpaired) electrons. The number of carbonyl (C=O) groups excluding carboxylic acids is 2. The van der Waals surface area contributed by atoms with Crippen molar-refractivity contribution >= 4 is 46.4 Å². The zero-order valence-electron chi connectivity index (χ0n) is 8.80. The Balaban J connectivity index is 2.40. The summed E-state index contributed by atoms with van der Waals surface area (Å²) in [5, 5.41) is 1.27. The Bertz CT molecular complexity index is 458. The average molecular weight is 292 g/mol. The van der Waals surface area contributed by atoms with Crippen molar-refractivity contribution in [2.45, 2.75) is 25.2 Å². The van der Waals surface area contributed by atoms with Gasteiger partial charge in [0.2, 0.25) is 0 Å². The number of Topliss-reactive ketones (excluding diaryl/α,β-unsaturated/α-hetero) is 2. The molecule has 1 aliphatic rings. The maximum Gasteiger partial charge on any atom is 0.140 e. The van der Waals surface area contributed by atoms with Crippen molar-refractivity contribution in [3.05, 3.63) is 32.8 Å². The van der Waals surface area contributed by atoms with Crippen molar-refractivity contribution in [2.24, 2.45) is 0 Å². The van der Waals surface area contributed by atoms with E-state index in [9.17, 15) is 9.59 Å². The molecule has 0 aromatic heterocycles. The third-order valence-electron chi connectivity index (χ3n) is 2.79. The molecular weight excluding hydrogens is 282 g/mol. The molecule has 2 rings (SSSR count). The van der Waals surface area contributed by atoms with E-state index in [4.69, 9.17) is 34.8 Å². The second-order valence-electron chi connectivity index (χ2n) is 4.14. The lowest BCUT2D eigenvalue weighted by atomic mass is 9.82. The molecule has 0 saturated heterocycles. The molecule has 1 saturated carbocycles. The van der Waals surface area contributed by atoms with E-state index >= 15 is 0 Å². The van der Waals surface area contributed by atoms with Crippen LogP contribution in [0.15, 0.2) is 12.1 Å². The molecule has 1 aliphatic carbocycles. The van der Waals surface area contributed by atoms with Crippen molar-refractivity contribution < 1.29 is 9.59 Å². The first-order valence-corrected chi connectivity index (χ1v) is 6.28. The Hall–Kier alpha value is -0.570. The lowest BCUT2D eigenvalue weighted by Crippen LogP contribution is -2.21. The van der Waals surface area contributed by atoms with Gasteiger partial charge in [-0.15, -0.1) is 0 Å². The molecule has 0 bridgehead atoms. The van der Waals surface area contributed by atoms with Crippen molar-refractivity contribution in [3.63, 3.8) is 0 Å². The van der Waals surface area contributed by atoms with Crippen LogP contribution < -0.4 is 0 Å². The van der Waals surface area contributed by atoms with Crippen LogP contribution in [0.2, 0.25) is 15.1 Å². The smallest absolute Gasteiger partial charge is 0.140 e. The Labute approximate surface area is 114 Å². The first-order chi connectivity index (χ1) is 7.97. The minimum absolute atomic E-state index is 0.0271. The quantitative estimate of drug-likeness (QED) is 0.731. The average Bonchev–Trinajstić information content (AvgIpc) is 2.13. The van der Waals surface area contributed by atoms with Crippen LogP contribution in [0.4, 0.5) is 0 Å². The fourth-order valence-electron chi connectivity index (χ4n) is 2.13. The molecular formula is C12H9Cl3O2. The molecule has 2 nitrogen and oxygen atoms in total. The van der Waals surface area contributed by atoms with E-state index in [1.54, 1.807) is 12.1 Å². The summed E-state index contributed by atoms with van der Waals surface area (Å²) in [6.07, 6.45) is 0.652. The van der Waals surface area contributed by atoms with Crippen LogP contribution in [-0.2, 0) is 9.59 Å². The number of ketones is 2. The Morgan fingerprint density at radius 1 is 0.941 bits per heavy atom. The van der Waals surface area contributed by atoms with Gasteiger partial charge in [0.15, 0.2) is 0 Å². The van der Waals surface area contributed by atoms with Gasteiger partial charge in [-0.05, 0) is 17.7 Å². The number of hydrogen-bond acceptors (Lipinski definition) is 2. The number of hydrogen-bond donors (Lipinski definition) is 0. The largest absolute Gasteiger partial charge is 0.299 e. The molecule has 1 aromatic carbocycles. The van der Waals surface area contributed by atoms with Crippen LogP contribution >= 0.6 is 34.8 Å². The molecule has 0 atom stereocenters. The SMILES string of the molecule is O=C1CC(=O)CC(c2c(Cl)cc(Cl)cc2Cl)C1. The topological polar surface area (TPSA) is 34.1 Å². The highest BCUT2D eigenvalue weighted by Gasteiger charge is 2.29. The van der Waals surface area contributed by atoms with Crippen molar-refractivity contribution in [2.75, 3.05) is 0 Å². The predicted octanol–water partition coefficient (Wildman–Crippen LogP) is 4.05. The van der Waals surface area contributed by atoms with Gasteiger partial charge in [0.25, 0.3) is 0 Å². The predicted molar refractivity (Wildman–Crippen MR) is 68.1 cm³/mol. The molecule has 0 unspecified atom stereocenters. The highest BCUT2D eigenvalue weighted by atomic mass is 35.5. The second-order valence-corrected chi connectivity index (χ2v) is 5.39. The van der Waals surface area contributed by atoms with Crippen LogP contribution in [0.25, 0.3) is 0 Å². The van der Waals surface area contributed by atoms with E-state index in [0.717, 1.165) is 0 Å². The van der Waals surface area contributed by atoms with Gasteiger partial charge in [-0.2, -0.15) is 0 Å². The van der Waals surface area contributed by atoms with Gasteiger partial charge in [0.1, 0.15) is 11.6 Å². The summed E-state index contributed by atoms with van der Waals surface area (Å²) in [6, 6.07) is 3.15. The van der Waals surface area contributed by atoms with Crippen LogP contribution in [0, 0.1) is 0 Å². The monoisotopic (exact) mass is 290 g/mol. The Morgan fingerprint density at radius 2 is 1.41 bits per heavy atom. The molecule has 0 aliphatic heterocycles. The minimum atomic E-state index is -0.221. The van der Waals surface area contributed by atoms with Crippen molar-refractivity contribution in [1.82, 2.24) is 0 Å². The number of rotatable bonds is 1. The summed E-state index contributed by atoms with van der Waals surface area (Å²) in [5.74, 6) is -0.345. The highest BCUT2D eigenvalue weighted by Crippen LogP contribution is 2.39. The molecule has 1 aromatic rings. The lowest BCUT2D eigenvalue weighted by Gasteiger charge is -2.22. The van der Waals surface area contributed by atoms with E-state index < -0.39 is 0 Å². The van der Waals surface area contributed by atoms with Crippen LogP contribution in [0.5, 0.6) is 0 Å². The van der Waals surface area contributed by atoms with Crippen LogP contribution in [0.1, 0.15) is 30.7 Å². The summed E-state index contributed by atoms with van der Waals surface area (Å²) in [6.45, 7) is 0. The molecule has 0 spiro atoms. The first kappa shape index (κ1) is 12.9. The summed E-state index contributed by atoms with van der Waals surface area (Å²) in [7, 11) is 0. The number of benzene rings is 1. The van der Waals surface area contributed by atoms with E-state index in [1.165, 1.54) is 0 Å². The second kappa shape index (κ2) is 4.97. The maximum atomic E-state index is 11.4. The molecule has 17 heavy (non-hydrogen) atoms. The molecule has 0 amide bonds. The van der Waals surface area contributed by atoms with Gasteiger partial charge in [0, 0.05) is 33.8 Å². The van der Waals surface area contributed by atoms with Crippen molar-refractivity contribution in [1.29, 1.82) is 0 Å². The third-order valence-corrected chi connectivity index (χ3v) is 3.64. The first-order valence-electron chi connectivity index (χ1n) is 5.15. The summed E-state index contributed by atoms with van der Waals surface area (Å²) in [4.78, 5) is 22.8. The van der Waals surface area contributed by atoms with Gasteiger partial charge < -0.3 is 0 Å². The van der Waals surface area contributed by atoms with Gasteiger partial charge >= 0.3 is 0 Å². The number of halogens is 3. The van der Waals surface area contributed by atoms with Gasteiger partial charge in [-0.25, -0.2) is 0 Å². The molecule has 0 heterocycles. The minimum Gasteiger partial charge on any atom is -0.299 e. The van der Waals surface area contributed by atoms with E-state index in [0.29, 0.717) is 33.5 Å². The fourth-order valence-corrected chi connectivity index (χ4v) is 3.26. The summed E-state index contributed by atoms with van der Waals surface area (Å²) >= 11 is 18.0. The van der Waals surface area contributed by atoms with Gasteiger partial charge in [-0.3, -0.25) is 9.59 Å². The van der Waals surface area contributed by atoms with Crippen LogP contribution in [0.3, 0.4) is 0 Å². The van der Waals surface area contributed by atoms with Gasteiger partial charge in [-0.1, -0.05) is 34.8 Å². The standard InChI is InChI=1S/C12H9Cl3O2/c13-7-3-10(14)12(11(15)4-7)6-1-8(16)5-9(17)2-6/h3-4,6H,1-2,5H2. The Morgan fingerprint density at radius 3 is 1.88 bits per heavy atom. The Kier molecular flexibility index (Phi) is 3.76. The molecule has 90 valence electrons. The van der Waals surface area contributed by atoms with Crippen LogP contribution in [-0.4, -0.2) is 11.6 Å². The maximum absolute atomic E-state index is 11.4. The molecule has 0 N–H and O–H groups in total. The lowest BCUT2D eigenvalue weighted by molar-refractivity contribution is -0.130. The van der Waals surface area contributed by atoms with Gasteiger partial charge in [0.05, 0.1) is 6.42 Å². The normalized spacial score (nSPS) is 17.6. The highest BCUT2D eigenvalue weighted by molar-refractivity contribution is 6.39. The fraction of sp³-hybridized carbons (Fsp3) is 0.333. The summed E-state index contributed by atoms with van der Waals surface area (Å²) < 4.78 is 0. The van der Waals surface area contributed by atoms with E-state index in [1.807, 2.05) is 0 Å². The zero-order chi connectivity index (χ0) is 12.6. The van der Waals surface area contributed by atoms with Crippen molar-refractivity contribution in [3.8, 4) is 0 Å². The summed E-state index contributed by atoms with van der Waals surface area (Å²) in [5.41, 5.74) is 0.652.